The Morgan fingerprint density at radius 1 is 0.902 bits per heavy atom. The van der Waals surface area contributed by atoms with E-state index in [4.69, 9.17) is 34.8 Å². The van der Waals surface area contributed by atoms with Crippen molar-refractivity contribution in [2.75, 3.05) is 17.1 Å². The lowest BCUT2D eigenvalue weighted by atomic mass is 10.0. The maximum Gasteiger partial charge on any atom is 0.244 e. The van der Waals surface area contributed by atoms with Gasteiger partial charge in [-0.25, -0.2) is 8.42 Å². The molecule has 3 aromatic rings. The van der Waals surface area contributed by atoms with Gasteiger partial charge in [0.15, 0.2) is 0 Å². The third-order valence-electron chi connectivity index (χ3n) is 7.12. The van der Waals surface area contributed by atoms with Crippen molar-refractivity contribution in [3.8, 4) is 0 Å². The van der Waals surface area contributed by atoms with Gasteiger partial charge in [-0.2, -0.15) is 0 Å². The normalized spacial score (nSPS) is 14.4. The van der Waals surface area contributed by atoms with Crippen LogP contribution in [0.25, 0.3) is 0 Å². The minimum atomic E-state index is -3.96. The topological polar surface area (TPSA) is 86.8 Å². The van der Waals surface area contributed by atoms with Gasteiger partial charge in [0, 0.05) is 24.0 Å². The molecule has 218 valence electrons. The van der Waals surface area contributed by atoms with E-state index in [0.29, 0.717) is 5.02 Å². The number of carbonyl (C=O) groups excluding carboxylic acids is 2. The average molecular weight is 637 g/mol. The van der Waals surface area contributed by atoms with Crippen LogP contribution in [0.5, 0.6) is 0 Å². The third-order valence-corrected chi connectivity index (χ3v) is 9.31. The number of nitrogens with zero attached hydrogens (tertiary/aromatic N) is 2. The molecule has 4 rings (SSSR count). The third kappa shape index (κ3) is 8.38. The highest BCUT2D eigenvalue weighted by molar-refractivity contribution is 7.92. The minimum absolute atomic E-state index is 0.0106. The van der Waals surface area contributed by atoms with Crippen molar-refractivity contribution in [1.29, 1.82) is 0 Å². The molecule has 0 unspecified atom stereocenters. The van der Waals surface area contributed by atoms with Gasteiger partial charge >= 0.3 is 0 Å². The summed E-state index contributed by atoms with van der Waals surface area (Å²) in [6, 6.07) is 20.1. The molecule has 1 atom stereocenters. The first-order valence-corrected chi connectivity index (χ1v) is 16.3. The van der Waals surface area contributed by atoms with Crippen LogP contribution in [0.15, 0.2) is 72.8 Å². The molecule has 1 saturated carbocycles. The lowest BCUT2D eigenvalue weighted by molar-refractivity contribution is -0.140. The molecule has 0 heterocycles. The molecule has 41 heavy (non-hydrogen) atoms. The van der Waals surface area contributed by atoms with E-state index in [0.717, 1.165) is 47.4 Å². The van der Waals surface area contributed by atoms with Crippen LogP contribution in [0.2, 0.25) is 15.1 Å². The fourth-order valence-electron chi connectivity index (χ4n) is 4.99. The summed E-state index contributed by atoms with van der Waals surface area (Å²) in [5.74, 6) is -0.848. The van der Waals surface area contributed by atoms with E-state index < -0.39 is 28.5 Å². The van der Waals surface area contributed by atoms with Gasteiger partial charge in [-0.05, 0) is 48.2 Å². The maximum absolute atomic E-state index is 14.2. The molecular formula is C30H32Cl3N3O4S. The zero-order valence-corrected chi connectivity index (χ0v) is 25.7. The number of amides is 2. The van der Waals surface area contributed by atoms with E-state index >= 15 is 0 Å². The first kappa shape index (κ1) is 31.2. The second-order valence-corrected chi connectivity index (χ2v) is 13.3. The number of nitrogens with one attached hydrogen (secondary N) is 1. The highest BCUT2D eigenvalue weighted by Gasteiger charge is 2.34. The number of hydrogen-bond acceptors (Lipinski definition) is 4. The monoisotopic (exact) mass is 635 g/mol. The molecule has 7 nitrogen and oxygen atoms in total. The number of sulfonamides is 1. The molecular weight excluding hydrogens is 605 g/mol. The fraction of sp³-hybridized carbons (Fsp3) is 0.333. The summed E-state index contributed by atoms with van der Waals surface area (Å²) in [5, 5.41) is 3.83. The van der Waals surface area contributed by atoms with Crippen molar-refractivity contribution in [3.05, 3.63) is 99.0 Å². The van der Waals surface area contributed by atoms with Crippen LogP contribution in [-0.4, -0.2) is 50.0 Å². The number of halogens is 3. The van der Waals surface area contributed by atoms with Crippen molar-refractivity contribution >= 4 is 62.3 Å². The summed E-state index contributed by atoms with van der Waals surface area (Å²) in [5.41, 5.74) is 1.68. The van der Waals surface area contributed by atoms with Gasteiger partial charge in [0.2, 0.25) is 21.8 Å². The van der Waals surface area contributed by atoms with Crippen molar-refractivity contribution in [2.24, 2.45) is 0 Å². The summed E-state index contributed by atoms with van der Waals surface area (Å²) >= 11 is 18.7. The van der Waals surface area contributed by atoms with Crippen LogP contribution in [0.1, 0.15) is 36.8 Å². The highest BCUT2D eigenvalue weighted by atomic mass is 35.5. The standard InChI is InChI=1S/C30H32Cl3N3O4S/c1-41(39,40)36(26-13-7-12-25(32)29(26)33)20-28(37)35(19-22-14-16-23(31)17-15-22)27(18-21-8-3-2-4-9-21)30(38)34-24-10-5-6-11-24/h2-4,7-9,12-17,24,27H,5-6,10-11,18-20H2,1H3,(H,34,38)/t27-/m1/s1. The van der Waals surface area contributed by atoms with Crippen LogP contribution >= 0.6 is 34.8 Å². The Balaban J connectivity index is 1.74. The number of carbonyl (C=O) groups is 2. The van der Waals surface area contributed by atoms with Gasteiger partial charge in [0.05, 0.1) is 22.0 Å². The highest BCUT2D eigenvalue weighted by Crippen LogP contribution is 2.34. The van der Waals surface area contributed by atoms with Crippen molar-refractivity contribution in [2.45, 2.75) is 50.7 Å². The molecule has 1 fully saturated rings. The Hall–Kier alpha value is -2.78. The SMILES string of the molecule is CS(=O)(=O)N(CC(=O)N(Cc1ccc(Cl)cc1)[C@H](Cc1ccccc1)C(=O)NC1CCCC1)c1cccc(Cl)c1Cl. The van der Waals surface area contributed by atoms with Crippen LogP contribution in [0.3, 0.4) is 0 Å². The number of rotatable bonds is 11. The van der Waals surface area contributed by atoms with Crippen molar-refractivity contribution in [3.63, 3.8) is 0 Å². The Labute approximate surface area is 256 Å². The predicted molar refractivity (Wildman–Crippen MR) is 165 cm³/mol. The zero-order valence-electron chi connectivity index (χ0n) is 22.6. The predicted octanol–water partition coefficient (Wildman–Crippen LogP) is 6.11. The summed E-state index contributed by atoms with van der Waals surface area (Å²) in [6.07, 6.45) is 5.07. The van der Waals surface area contributed by atoms with Gasteiger partial charge in [-0.1, -0.05) is 96.2 Å². The Morgan fingerprint density at radius 2 is 1.56 bits per heavy atom. The van der Waals surface area contributed by atoms with Gasteiger partial charge in [0.25, 0.3) is 0 Å². The van der Waals surface area contributed by atoms with E-state index in [1.165, 1.54) is 17.0 Å². The van der Waals surface area contributed by atoms with E-state index in [1.807, 2.05) is 30.3 Å². The molecule has 0 spiro atoms. The second kappa shape index (κ2) is 13.9. The minimum Gasteiger partial charge on any atom is -0.352 e. The molecule has 11 heteroatoms. The Bertz CT molecular complexity index is 1460. The number of benzene rings is 3. The Kier molecular flexibility index (Phi) is 10.6. The molecule has 1 N–H and O–H groups in total. The van der Waals surface area contributed by atoms with E-state index in [9.17, 15) is 18.0 Å². The van der Waals surface area contributed by atoms with Gasteiger partial charge in [-0.15, -0.1) is 0 Å². The number of anilines is 1. The lowest BCUT2D eigenvalue weighted by Crippen LogP contribution is -2.54. The lowest BCUT2D eigenvalue weighted by Gasteiger charge is -2.34. The summed E-state index contributed by atoms with van der Waals surface area (Å²) in [6.45, 7) is -0.513. The Morgan fingerprint density at radius 3 is 2.20 bits per heavy atom. The molecule has 0 radical (unpaired) electrons. The van der Waals surface area contributed by atoms with Gasteiger partial charge in [-0.3, -0.25) is 13.9 Å². The molecule has 0 saturated heterocycles. The molecule has 1 aliphatic carbocycles. The zero-order chi connectivity index (χ0) is 29.6. The summed E-state index contributed by atoms with van der Waals surface area (Å²) in [7, 11) is -3.96. The summed E-state index contributed by atoms with van der Waals surface area (Å²) < 4.78 is 26.8. The van der Waals surface area contributed by atoms with E-state index in [-0.39, 0.29) is 40.6 Å². The maximum atomic E-state index is 14.2. The van der Waals surface area contributed by atoms with Crippen molar-refractivity contribution < 1.29 is 18.0 Å². The molecule has 0 bridgehead atoms. The van der Waals surface area contributed by atoms with E-state index in [2.05, 4.69) is 5.32 Å². The smallest absolute Gasteiger partial charge is 0.244 e. The molecule has 1 aliphatic rings. The first-order valence-electron chi connectivity index (χ1n) is 13.3. The summed E-state index contributed by atoms with van der Waals surface area (Å²) in [4.78, 5) is 29.4. The largest absolute Gasteiger partial charge is 0.352 e. The van der Waals surface area contributed by atoms with Gasteiger partial charge < -0.3 is 10.2 Å². The van der Waals surface area contributed by atoms with E-state index in [1.54, 1.807) is 30.3 Å². The fourth-order valence-corrected chi connectivity index (χ4v) is 6.42. The molecule has 3 aromatic carbocycles. The quantitative estimate of drug-likeness (QED) is 0.275. The molecule has 0 aliphatic heterocycles. The van der Waals surface area contributed by atoms with Crippen LogP contribution < -0.4 is 9.62 Å². The van der Waals surface area contributed by atoms with Gasteiger partial charge in [0.1, 0.15) is 12.6 Å². The second-order valence-electron chi connectivity index (χ2n) is 10.2. The van der Waals surface area contributed by atoms with Crippen LogP contribution in [0.4, 0.5) is 5.69 Å². The van der Waals surface area contributed by atoms with Crippen LogP contribution in [0, 0.1) is 0 Å². The number of hydrogen-bond donors (Lipinski definition) is 1. The average Bonchev–Trinajstić information content (AvgIpc) is 3.45. The first-order chi connectivity index (χ1) is 19.5. The molecule has 2 amide bonds. The molecule has 0 aromatic heterocycles. The van der Waals surface area contributed by atoms with Crippen molar-refractivity contribution in [1.82, 2.24) is 10.2 Å². The van der Waals surface area contributed by atoms with Crippen LogP contribution in [-0.2, 0) is 32.6 Å².